The van der Waals surface area contributed by atoms with Gasteiger partial charge in [0.25, 0.3) is 0 Å². The van der Waals surface area contributed by atoms with E-state index in [1.54, 1.807) is 26.7 Å². The van der Waals surface area contributed by atoms with Crippen LogP contribution in [0.3, 0.4) is 0 Å². The number of nitrogens with zero attached hydrogens (tertiary/aromatic N) is 2. The minimum atomic E-state index is -0.415. The highest BCUT2D eigenvalue weighted by Crippen LogP contribution is 2.27. The van der Waals surface area contributed by atoms with Crippen LogP contribution < -0.4 is 5.32 Å². The first kappa shape index (κ1) is 13.1. The summed E-state index contributed by atoms with van der Waals surface area (Å²) in [6.07, 6.45) is 5.47. The number of aryl methyl sites for hydroxylation is 1. The van der Waals surface area contributed by atoms with Crippen molar-refractivity contribution < 1.29 is 9.47 Å². The average molecular weight is 273 g/mol. The standard InChI is InChI=1S/C15H19N3O2/c1-19-15(20-2)14-9-16-10-18(14)12-6-5-11-4-3-7-17-13(11)8-12/h5-6,8-10,15,17H,3-4,7H2,1-2H3. The molecule has 0 bridgehead atoms. The molecule has 0 aliphatic carbocycles. The van der Waals surface area contributed by atoms with Gasteiger partial charge in [-0.05, 0) is 30.5 Å². The molecule has 0 radical (unpaired) electrons. The zero-order valence-electron chi connectivity index (χ0n) is 11.8. The second-order valence-corrected chi connectivity index (χ2v) is 4.86. The summed E-state index contributed by atoms with van der Waals surface area (Å²) in [5.41, 5.74) is 4.52. The Balaban J connectivity index is 1.99. The Morgan fingerprint density at radius 1 is 1.30 bits per heavy atom. The van der Waals surface area contributed by atoms with Gasteiger partial charge in [-0.1, -0.05) is 6.07 Å². The van der Waals surface area contributed by atoms with Gasteiger partial charge in [0.1, 0.15) is 0 Å². The van der Waals surface area contributed by atoms with Gasteiger partial charge >= 0.3 is 0 Å². The van der Waals surface area contributed by atoms with Gasteiger partial charge in [-0.3, -0.25) is 4.57 Å². The van der Waals surface area contributed by atoms with Crippen molar-refractivity contribution >= 4 is 5.69 Å². The van der Waals surface area contributed by atoms with E-state index in [0.717, 1.165) is 24.3 Å². The number of nitrogens with one attached hydrogen (secondary N) is 1. The molecule has 5 nitrogen and oxygen atoms in total. The van der Waals surface area contributed by atoms with Crippen LogP contribution in [0.1, 0.15) is 24.0 Å². The maximum atomic E-state index is 5.32. The highest BCUT2D eigenvalue weighted by atomic mass is 16.7. The lowest BCUT2D eigenvalue weighted by Gasteiger charge is -2.20. The maximum absolute atomic E-state index is 5.32. The highest BCUT2D eigenvalue weighted by molar-refractivity contribution is 5.58. The van der Waals surface area contributed by atoms with Crippen molar-refractivity contribution in [1.82, 2.24) is 9.55 Å². The van der Waals surface area contributed by atoms with Crippen molar-refractivity contribution in [2.24, 2.45) is 0 Å². The van der Waals surface area contributed by atoms with Gasteiger partial charge in [-0.2, -0.15) is 0 Å². The molecule has 2 heterocycles. The number of hydrogen-bond acceptors (Lipinski definition) is 4. The van der Waals surface area contributed by atoms with E-state index < -0.39 is 6.29 Å². The summed E-state index contributed by atoms with van der Waals surface area (Å²) >= 11 is 0. The van der Waals surface area contributed by atoms with Gasteiger partial charge in [0.15, 0.2) is 0 Å². The maximum Gasteiger partial charge on any atom is 0.200 e. The molecule has 1 aromatic heterocycles. The van der Waals surface area contributed by atoms with Crippen molar-refractivity contribution in [3.8, 4) is 5.69 Å². The molecule has 0 atom stereocenters. The first-order valence-electron chi connectivity index (χ1n) is 6.78. The summed E-state index contributed by atoms with van der Waals surface area (Å²) in [6.45, 7) is 1.03. The fourth-order valence-electron chi connectivity index (χ4n) is 2.63. The fourth-order valence-corrected chi connectivity index (χ4v) is 2.63. The first-order valence-corrected chi connectivity index (χ1v) is 6.78. The molecule has 1 aromatic carbocycles. The lowest BCUT2D eigenvalue weighted by molar-refractivity contribution is -0.109. The third kappa shape index (κ3) is 2.30. The predicted molar refractivity (Wildman–Crippen MR) is 77.1 cm³/mol. The zero-order chi connectivity index (χ0) is 13.9. The number of imidazole rings is 1. The van der Waals surface area contributed by atoms with Crippen molar-refractivity contribution in [3.05, 3.63) is 42.0 Å². The smallest absolute Gasteiger partial charge is 0.200 e. The molecular weight excluding hydrogens is 254 g/mol. The zero-order valence-corrected chi connectivity index (χ0v) is 11.8. The number of anilines is 1. The Kier molecular flexibility index (Phi) is 3.71. The fraction of sp³-hybridized carbons (Fsp3) is 0.400. The molecule has 0 fully saturated rings. The lowest BCUT2D eigenvalue weighted by Crippen LogP contribution is -2.13. The molecule has 0 spiro atoms. The van der Waals surface area contributed by atoms with Crippen molar-refractivity contribution in [2.45, 2.75) is 19.1 Å². The summed E-state index contributed by atoms with van der Waals surface area (Å²) in [5, 5.41) is 3.45. The Morgan fingerprint density at radius 2 is 2.15 bits per heavy atom. The second-order valence-electron chi connectivity index (χ2n) is 4.86. The van der Waals surface area contributed by atoms with Gasteiger partial charge in [-0.15, -0.1) is 0 Å². The number of hydrogen-bond donors (Lipinski definition) is 1. The Hall–Kier alpha value is -1.85. The van der Waals surface area contributed by atoms with E-state index in [-0.39, 0.29) is 0 Å². The van der Waals surface area contributed by atoms with E-state index in [0.29, 0.717) is 0 Å². The molecule has 1 aliphatic heterocycles. The second kappa shape index (κ2) is 5.64. The molecule has 0 unspecified atom stereocenters. The Morgan fingerprint density at radius 3 is 2.95 bits per heavy atom. The molecule has 0 saturated carbocycles. The number of fused-ring (bicyclic) bond motifs is 1. The SMILES string of the molecule is COC(OC)c1cncn1-c1ccc2c(c1)NCCC2. The predicted octanol–water partition coefficient (Wildman–Crippen LogP) is 2.52. The third-order valence-electron chi connectivity index (χ3n) is 3.65. The molecule has 106 valence electrons. The minimum absolute atomic E-state index is 0.415. The van der Waals surface area contributed by atoms with E-state index in [2.05, 4.69) is 28.5 Å². The van der Waals surface area contributed by atoms with Crippen LogP contribution >= 0.6 is 0 Å². The van der Waals surface area contributed by atoms with Crippen molar-refractivity contribution in [3.63, 3.8) is 0 Å². The number of aromatic nitrogens is 2. The molecule has 1 N–H and O–H groups in total. The minimum Gasteiger partial charge on any atom is -0.385 e. The largest absolute Gasteiger partial charge is 0.385 e. The third-order valence-corrected chi connectivity index (χ3v) is 3.65. The summed E-state index contributed by atoms with van der Waals surface area (Å²) in [7, 11) is 3.25. The van der Waals surface area contributed by atoms with Crippen LogP contribution in [0, 0.1) is 0 Å². The van der Waals surface area contributed by atoms with Crippen LogP contribution in [0.25, 0.3) is 5.69 Å². The van der Waals surface area contributed by atoms with E-state index >= 15 is 0 Å². The normalized spacial score (nSPS) is 14.2. The van der Waals surface area contributed by atoms with E-state index in [9.17, 15) is 0 Å². The molecule has 5 heteroatoms. The van der Waals surface area contributed by atoms with Crippen LogP contribution in [-0.2, 0) is 15.9 Å². The number of rotatable bonds is 4. The number of benzene rings is 1. The molecule has 1 aliphatic rings. The molecule has 20 heavy (non-hydrogen) atoms. The van der Waals surface area contributed by atoms with Gasteiger partial charge in [-0.25, -0.2) is 4.98 Å². The van der Waals surface area contributed by atoms with Gasteiger partial charge in [0.05, 0.1) is 18.2 Å². The molecular formula is C15H19N3O2. The Labute approximate surface area is 118 Å². The summed E-state index contributed by atoms with van der Waals surface area (Å²) in [5.74, 6) is 0. The monoisotopic (exact) mass is 273 g/mol. The van der Waals surface area contributed by atoms with Crippen LogP contribution in [0.4, 0.5) is 5.69 Å². The van der Waals surface area contributed by atoms with Crippen molar-refractivity contribution in [2.75, 3.05) is 26.1 Å². The van der Waals surface area contributed by atoms with Crippen LogP contribution in [-0.4, -0.2) is 30.3 Å². The van der Waals surface area contributed by atoms with E-state index in [4.69, 9.17) is 9.47 Å². The number of methoxy groups -OCH3 is 2. The first-order chi connectivity index (χ1) is 9.83. The van der Waals surface area contributed by atoms with Gasteiger partial charge < -0.3 is 14.8 Å². The molecule has 2 aromatic rings. The summed E-state index contributed by atoms with van der Waals surface area (Å²) < 4.78 is 12.6. The Bertz CT molecular complexity index is 591. The topological polar surface area (TPSA) is 48.3 Å². The molecule has 3 rings (SSSR count). The average Bonchev–Trinajstić information content (AvgIpc) is 2.97. The van der Waals surface area contributed by atoms with Crippen LogP contribution in [0.15, 0.2) is 30.7 Å². The number of ether oxygens (including phenoxy) is 2. The van der Waals surface area contributed by atoms with E-state index in [1.165, 1.54) is 17.7 Å². The van der Waals surface area contributed by atoms with Crippen molar-refractivity contribution in [1.29, 1.82) is 0 Å². The molecule has 0 saturated heterocycles. The van der Waals surface area contributed by atoms with Gasteiger partial charge in [0.2, 0.25) is 6.29 Å². The quantitative estimate of drug-likeness (QED) is 0.870. The van der Waals surface area contributed by atoms with Gasteiger partial charge in [0, 0.05) is 32.1 Å². The molecule has 0 amide bonds. The summed E-state index contributed by atoms with van der Waals surface area (Å²) in [6, 6.07) is 6.44. The lowest BCUT2D eigenvalue weighted by atomic mass is 10.0. The van der Waals surface area contributed by atoms with Crippen LogP contribution in [0.5, 0.6) is 0 Å². The summed E-state index contributed by atoms with van der Waals surface area (Å²) in [4.78, 5) is 4.21. The highest BCUT2D eigenvalue weighted by Gasteiger charge is 2.16. The van der Waals surface area contributed by atoms with Crippen LogP contribution in [0.2, 0.25) is 0 Å². The van der Waals surface area contributed by atoms with E-state index in [1.807, 2.05) is 4.57 Å².